The standard InChI is InChI=1S/C20H19N3O2/c21-13-18-20(23-10-8-16(24)9-11-23)25-19(22-18)12-15-6-3-5-14-4-1-2-7-17(14)15/h1-7,16,24H,8-12H2. The predicted molar refractivity (Wildman–Crippen MR) is 95.4 cm³/mol. The molecule has 4 rings (SSSR count). The van der Waals surface area contributed by atoms with E-state index in [9.17, 15) is 10.4 Å². The number of fused-ring (bicyclic) bond motifs is 1. The highest BCUT2D eigenvalue weighted by atomic mass is 16.4. The van der Waals surface area contributed by atoms with E-state index in [4.69, 9.17) is 4.42 Å². The van der Waals surface area contributed by atoms with Crippen LogP contribution in [0.5, 0.6) is 0 Å². The second-order valence-corrected chi connectivity index (χ2v) is 6.41. The number of oxazole rings is 1. The number of rotatable bonds is 3. The molecule has 5 nitrogen and oxygen atoms in total. The molecule has 1 fully saturated rings. The molecular formula is C20H19N3O2. The van der Waals surface area contributed by atoms with Gasteiger partial charge in [-0.2, -0.15) is 5.26 Å². The quantitative estimate of drug-likeness (QED) is 0.796. The van der Waals surface area contributed by atoms with Crippen molar-refractivity contribution >= 4 is 16.7 Å². The zero-order valence-corrected chi connectivity index (χ0v) is 13.9. The van der Waals surface area contributed by atoms with Gasteiger partial charge in [-0.15, -0.1) is 0 Å². The molecule has 0 unspecified atom stereocenters. The molecule has 126 valence electrons. The summed E-state index contributed by atoms with van der Waals surface area (Å²) in [5, 5.41) is 21.4. The normalized spacial score (nSPS) is 15.4. The van der Waals surface area contributed by atoms with E-state index in [2.05, 4.69) is 35.3 Å². The summed E-state index contributed by atoms with van der Waals surface area (Å²) in [6.45, 7) is 1.36. The lowest BCUT2D eigenvalue weighted by atomic mass is 10.0. The van der Waals surface area contributed by atoms with Crippen molar-refractivity contribution in [3.05, 3.63) is 59.6 Å². The summed E-state index contributed by atoms with van der Waals surface area (Å²) in [5.41, 5.74) is 1.45. The summed E-state index contributed by atoms with van der Waals surface area (Å²) in [7, 11) is 0. The molecule has 0 atom stereocenters. The molecule has 0 spiro atoms. The second kappa shape index (κ2) is 6.58. The third-order valence-electron chi connectivity index (χ3n) is 4.73. The molecule has 0 saturated carbocycles. The van der Waals surface area contributed by atoms with Gasteiger partial charge in [0.15, 0.2) is 0 Å². The SMILES string of the molecule is N#Cc1nc(Cc2cccc3ccccc23)oc1N1CCC(O)CC1. The topological polar surface area (TPSA) is 73.3 Å². The van der Waals surface area contributed by atoms with Crippen molar-refractivity contribution < 1.29 is 9.52 Å². The van der Waals surface area contributed by atoms with Gasteiger partial charge in [-0.3, -0.25) is 0 Å². The minimum atomic E-state index is -0.264. The number of nitrogens with zero attached hydrogens (tertiary/aromatic N) is 3. The summed E-state index contributed by atoms with van der Waals surface area (Å²) < 4.78 is 5.94. The zero-order valence-electron chi connectivity index (χ0n) is 13.9. The lowest BCUT2D eigenvalue weighted by Gasteiger charge is -2.28. The molecular weight excluding hydrogens is 314 g/mol. The Labute approximate surface area is 146 Å². The number of anilines is 1. The number of aliphatic hydroxyl groups is 1. The third kappa shape index (κ3) is 3.09. The van der Waals surface area contributed by atoms with Crippen LogP contribution in [0.1, 0.15) is 30.0 Å². The highest BCUT2D eigenvalue weighted by Crippen LogP contribution is 2.27. The van der Waals surface area contributed by atoms with Gasteiger partial charge >= 0.3 is 0 Å². The Balaban J connectivity index is 1.64. The van der Waals surface area contributed by atoms with E-state index >= 15 is 0 Å². The fourth-order valence-electron chi connectivity index (χ4n) is 3.40. The molecule has 1 aliphatic heterocycles. The van der Waals surface area contributed by atoms with Crippen molar-refractivity contribution in [2.45, 2.75) is 25.4 Å². The van der Waals surface area contributed by atoms with Crippen molar-refractivity contribution in [1.29, 1.82) is 5.26 Å². The van der Waals surface area contributed by atoms with Crippen molar-refractivity contribution in [1.82, 2.24) is 4.98 Å². The largest absolute Gasteiger partial charge is 0.423 e. The van der Waals surface area contributed by atoms with Gasteiger partial charge in [0.25, 0.3) is 0 Å². The Morgan fingerprint density at radius 3 is 2.72 bits per heavy atom. The van der Waals surface area contributed by atoms with Gasteiger partial charge in [-0.25, -0.2) is 4.98 Å². The number of benzene rings is 2. The van der Waals surface area contributed by atoms with Crippen LogP contribution in [0.3, 0.4) is 0 Å². The number of nitriles is 1. The lowest BCUT2D eigenvalue weighted by molar-refractivity contribution is 0.144. The first-order chi connectivity index (χ1) is 12.2. The highest BCUT2D eigenvalue weighted by Gasteiger charge is 2.24. The van der Waals surface area contributed by atoms with Crippen molar-refractivity contribution in [3.63, 3.8) is 0 Å². The van der Waals surface area contributed by atoms with Gasteiger partial charge < -0.3 is 14.4 Å². The van der Waals surface area contributed by atoms with Crippen LogP contribution < -0.4 is 4.90 Å². The van der Waals surface area contributed by atoms with Gasteiger partial charge in [0, 0.05) is 13.1 Å². The van der Waals surface area contributed by atoms with Crippen molar-refractivity contribution in [2.75, 3.05) is 18.0 Å². The predicted octanol–water partition coefficient (Wildman–Crippen LogP) is 3.25. The minimum absolute atomic E-state index is 0.264. The molecule has 0 radical (unpaired) electrons. The smallest absolute Gasteiger partial charge is 0.234 e. The first kappa shape index (κ1) is 15.7. The van der Waals surface area contributed by atoms with Crippen molar-refractivity contribution in [3.8, 4) is 6.07 Å². The van der Waals surface area contributed by atoms with Gasteiger partial charge in [0.05, 0.1) is 12.5 Å². The second-order valence-electron chi connectivity index (χ2n) is 6.41. The Bertz CT molecular complexity index is 928. The number of piperidine rings is 1. The minimum Gasteiger partial charge on any atom is -0.423 e. The van der Waals surface area contributed by atoms with Crippen LogP contribution in [0, 0.1) is 11.3 Å². The van der Waals surface area contributed by atoms with Gasteiger partial charge in [-0.1, -0.05) is 42.5 Å². The first-order valence-electron chi connectivity index (χ1n) is 8.54. The molecule has 0 aliphatic carbocycles. The fraction of sp³-hybridized carbons (Fsp3) is 0.300. The molecule has 0 bridgehead atoms. The maximum Gasteiger partial charge on any atom is 0.234 e. The van der Waals surface area contributed by atoms with Crippen LogP contribution in [0.2, 0.25) is 0 Å². The average molecular weight is 333 g/mol. The summed E-state index contributed by atoms with van der Waals surface area (Å²) >= 11 is 0. The summed E-state index contributed by atoms with van der Waals surface area (Å²) in [5.74, 6) is 1.08. The maximum absolute atomic E-state index is 9.66. The van der Waals surface area contributed by atoms with E-state index in [0.717, 1.165) is 5.56 Å². The average Bonchev–Trinajstić information content (AvgIpc) is 3.05. The number of hydrogen-bond acceptors (Lipinski definition) is 5. The van der Waals surface area contributed by atoms with Crippen LogP contribution in [0.4, 0.5) is 5.88 Å². The molecule has 2 heterocycles. The van der Waals surface area contributed by atoms with E-state index < -0.39 is 0 Å². The molecule has 2 aromatic carbocycles. The summed E-state index contributed by atoms with van der Waals surface area (Å²) in [6.07, 6.45) is 1.65. The maximum atomic E-state index is 9.66. The van der Waals surface area contributed by atoms with E-state index in [0.29, 0.717) is 49.8 Å². The molecule has 5 heteroatoms. The van der Waals surface area contributed by atoms with E-state index in [1.807, 2.05) is 23.1 Å². The van der Waals surface area contributed by atoms with Crippen LogP contribution in [0.15, 0.2) is 46.9 Å². The Hall–Kier alpha value is -2.84. The van der Waals surface area contributed by atoms with Crippen LogP contribution >= 0.6 is 0 Å². The lowest BCUT2D eigenvalue weighted by Crippen LogP contribution is -2.35. The molecule has 1 aromatic heterocycles. The molecule has 0 amide bonds. The first-order valence-corrected chi connectivity index (χ1v) is 8.54. The Morgan fingerprint density at radius 1 is 1.16 bits per heavy atom. The van der Waals surface area contributed by atoms with E-state index in [-0.39, 0.29) is 6.10 Å². The van der Waals surface area contributed by atoms with E-state index in [1.54, 1.807) is 0 Å². The van der Waals surface area contributed by atoms with E-state index in [1.165, 1.54) is 10.8 Å². The van der Waals surface area contributed by atoms with Crippen molar-refractivity contribution in [2.24, 2.45) is 0 Å². The van der Waals surface area contributed by atoms with Crippen LogP contribution in [0.25, 0.3) is 10.8 Å². The fourth-order valence-corrected chi connectivity index (χ4v) is 3.40. The van der Waals surface area contributed by atoms with Gasteiger partial charge in [0.1, 0.15) is 6.07 Å². The Morgan fingerprint density at radius 2 is 1.92 bits per heavy atom. The third-order valence-corrected chi connectivity index (χ3v) is 4.73. The molecule has 1 saturated heterocycles. The number of aromatic nitrogens is 1. The van der Waals surface area contributed by atoms with Gasteiger partial charge in [-0.05, 0) is 29.2 Å². The zero-order chi connectivity index (χ0) is 17.2. The monoisotopic (exact) mass is 333 g/mol. The summed E-state index contributed by atoms with van der Waals surface area (Å²) in [6, 6.07) is 16.5. The van der Waals surface area contributed by atoms with Gasteiger partial charge in [0.2, 0.25) is 17.5 Å². The molecule has 1 aliphatic rings. The van der Waals surface area contributed by atoms with Crippen LogP contribution in [-0.2, 0) is 6.42 Å². The number of aliphatic hydroxyl groups excluding tert-OH is 1. The molecule has 3 aromatic rings. The van der Waals surface area contributed by atoms with Crippen LogP contribution in [-0.4, -0.2) is 29.3 Å². The summed E-state index contributed by atoms with van der Waals surface area (Å²) in [4.78, 5) is 6.40. The number of hydrogen-bond donors (Lipinski definition) is 1. The molecule has 25 heavy (non-hydrogen) atoms. The highest BCUT2D eigenvalue weighted by molar-refractivity contribution is 5.85. The Kier molecular flexibility index (Phi) is 4.12. The molecule has 1 N–H and O–H groups in total.